The fraction of sp³-hybridized carbons (Fsp3) is 0.846. The third-order valence-corrected chi connectivity index (χ3v) is 4.30. The molecule has 2 aliphatic rings. The molecule has 2 amide bonds. The van der Waals surface area contributed by atoms with Gasteiger partial charge < -0.3 is 15.3 Å². The number of aliphatic carboxylic acids is 1. The van der Waals surface area contributed by atoms with E-state index in [-0.39, 0.29) is 18.0 Å². The Hall–Kier alpha value is -1.26. The highest BCUT2D eigenvalue weighted by molar-refractivity contribution is 5.75. The number of amides is 2. The van der Waals surface area contributed by atoms with Crippen LogP contribution in [0.2, 0.25) is 0 Å². The first kappa shape index (κ1) is 13.2. The van der Waals surface area contributed by atoms with Gasteiger partial charge >= 0.3 is 12.0 Å². The SMILES string of the molecule is CN(C(=O)NC1CCC(C(=O)O)C1)C1CCCC1. The summed E-state index contributed by atoms with van der Waals surface area (Å²) in [6.07, 6.45) is 6.60. The minimum atomic E-state index is -0.740. The fourth-order valence-corrected chi connectivity index (χ4v) is 3.07. The van der Waals surface area contributed by atoms with Crippen LogP contribution in [0.3, 0.4) is 0 Å². The summed E-state index contributed by atoms with van der Waals surface area (Å²) in [6, 6.07) is 0.349. The number of nitrogens with one attached hydrogen (secondary N) is 1. The second-order valence-electron chi connectivity index (χ2n) is 5.54. The van der Waals surface area contributed by atoms with Crippen LogP contribution in [-0.2, 0) is 4.79 Å². The monoisotopic (exact) mass is 254 g/mol. The highest BCUT2D eigenvalue weighted by atomic mass is 16.4. The van der Waals surface area contributed by atoms with Crippen molar-refractivity contribution in [3.05, 3.63) is 0 Å². The Morgan fingerprint density at radius 3 is 2.39 bits per heavy atom. The van der Waals surface area contributed by atoms with Crippen LogP contribution in [0.15, 0.2) is 0 Å². The van der Waals surface area contributed by atoms with E-state index >= 15 is 0 Å². The van der Waals surface area contributed by atoms with Crippen molar-refractivity contribution >= 4 is 12.0 Å². The van der Waals surface area contributed by atoms with Crippen LogP contribution >= 0.6 is 0 Å². The average molecular weight is 254 g/mol. The number of urea groups is 1. The van der Waals surface area contributed by atoms with Crippen molar-refractivity contribution in [2.75, 3.05) is 7.05 Å². The zero-order chi connectivity index (χ0) is 13.1. The summed E-state index contributed by atoms with van der Waals surface area (Å²) in [5.41, 5.74) is 0. The maximum Gasteiger partial charge on any atom is 0.317 e. The Morgan fingerprint density at radius 1 is 1.17 bits per heavy atom. The molecule has 2 saturated carbocycles. The Bertz CT molecular complexity index is 326. The second-order valence-corrected chi connectivity index (χ2v) is 5.54. The van der Waals surface area contributed by atoms with E-state index in [1.807, 2.05) is 7.05 Å². The zero-order valence-electron chi connectivity index (χ0n) is 10.9. The highest BCUT2D eigenvalue weighted by Crippen LogP contribution is 2.26. The molecule has 18 heavy (non-hydrogen) atoms. The Kier molecular flexibility index (Phi) is 4.09. The van der Waals surface area contributed by atoms with E-state index in [0.29, 0.717) is 18.9 Å². The van der Waals surface area contributed by atoms with Gasteiger partial charge in [-0.3, -0.25) is 4.79 Å². The van der Waals surface area contributed by atoms with Crippen LogP contribution in [0.1, 0.15) is 44.9 Å². The van der Waals surface area contributed by atoms with Crippen molar-refractivity contribution in [2.45, 2.75) is 57.0 Å². The molecule has 0 spiro atoms. The third-order valence-electron chi connectivity index (χ3n) is 4.30. The fourth-order valence-electron chi connectivity index (χ4n) is 3.07. The molecule has 0 saturated heterocycles. The first-order valence-corrected chi connectivity index (χ1v) is 6.84. The van der Waals surface area contributed by atoms with Crippen molar-refractivity contribution in [1.29, 1.82) is 0 Å². The quantitative estimate of drug-likeness (QED) is 0.807. The molecule has 0 radical (unpaired) electrons. The van der Waals surface area contributed by atoms with Crippen molar-refractivity contribution in [3.63, 3.8) is 0 Å². The molecule has 0 aromatic heterocycles. The summed E-state index contributed by atoms with van der Waals surface area (Å²) >= 11 is 0. The van der Waals surface area contributed by atoms with Gasteiger partial charge in [0, 0.05) is 19.1 Å². The Balaban J connectivity index is 1.79. The third kappa shape index (κ3) is 2.94. The molecule has 0 aromatic rings. The maximum atomic E-state index is 12.0. The summed E-state index contributed by atoms with van der Waals surface area (Å²) in [7, 11) is 1.84. The lowest BCUT2D eigenvalue weighted by Gasteiger charge is -2.26. The normalized spacial score (nSPS) is 28.3. The topological polar surface area (TPSA) is 69.6 Å². The average Bonchev–Trinajstić information content (AvgIpc) is 2.98. The molecule has 102 valence electrons. The Morgan fingerprint density at radius 2 is 1.83 bits per heavy atom. The molecule has 2 aliphatic carbocycles. The number of carbonyl (C=O) groups is 2. The molecule has 5 heteroatoms. The number of rotatable bonds is 3. The predicted molar refractivity (Wildman–Crippen MR) is 67.3 cm³/mol. The van der Waals surface area contributed by atoms with E-state index in [2.05, 4.69) is 5.32 Å². The van der Waals surface area contributed by atoms with E-state index in [4.69, 9.17) is 5.11 Å². The first-order chi connectivity index (χ1) is 8.58. The number of carbonyl (C=O) groups excluding carboxylic acids is 1. The molecule has 2 rings (SSSR count). The zero-order valence-corrected chi connectivity index (χ0v) is 10.9. The molecule has 0 bridgehead atoms. The van der Waals surface area contributed by atoms with Crippen molar-refractivity contribution < 1.29 is 14.7 Å². The van der Waals surface area contributed by atoms with E-state index in [0.717, 1.165) is 19.3 Å². The Labute approximate surface area is 108 Å². The van der Waals surface area contributed by atoms with Crippen LogP contribution in [0.4, 0.5) is 4.79 Å². The van der Waals surface area contributed by atoms with Gasteiger partial charge in [-0.05, 0) is 32.1 Å². The van der Waals surface area contributed by atoms with E-state index in [1.165, 1.54) is 12.8 Å². The summed E-state index contributed by atoms with van der Waals surface area (Å²) in [6.45, 7) is 0. The maximum absolute atomic E-state index is 12.0. The van der Waals surface area contributed by atoms with Crippen LogP contribution in [0.25, 0.3) is 0 Å². The van der Waals surface area contributed by atoms with Crippen LogP contribution < -0.4 is 5.32 Å². The van der Waals surface area contributed by atoms with Gasteiger partial charge in [-0.2, -0.15) is 0 Å². The largest absolute Gasteiger partial charge is 0.481 e. The molecule has 2 unspecified atom stereocenters. The summed E-state index contributed by atoms with van der Waals surface area (Å²) in [4.78, 5) is 24.7. The molecule has 2 N–H and O–H groups in total. The lowest BCUT2D eigenvalue weighted by atomic mass is 10.1. The highest BCUT2D eigenvalue weighted by Gasteiger charge is 2.32. The summed E-state index contributed by atoms with van der Waals surface area (Å²) in [5.74, 6) is -1.03. The molecule has 5 nitrogen and oxygen atoms in total. The molecule has 0 aromatic carbocycles. The van der Waals surface area contributed by atoms with E-state index < -0.39 is 5.97 Å². The van der Waals surface area contributed by atoms with Gasteiger partial charge in [0.15, 0.2) is 0 Å². The van der Waals surface area contributed by atoms with Gasteiger partial charge in [0.25, 0.3) is 0 Å². The lowest BCUT2D eigenvalue weighted by Crippen LogP contribution is -2.46. The molecule has 2 atom stereocenters. The lowest BCUT2D eigenvalue weighted by molar-refractivity contribution is -0.141. The predicted octanol–water partition coefficient (Wildman–Crippen LogP) is 1.82. The number of hydrogen-bond donors (Lipinski definition) is 2. The van der Waals surface area contributed by atoms with E-state index in [1.54, 1.807) is 4.90 Å². The number of carboxylic acid groups (broad SMARTS) is 1. The molecule has 2 fully saturated rings. The first-order valence-electron chi connectivity index (χ1n) is 6.84. The number of nitrogens with zero attached hydrogens (tertiary/aromatic N) is 1. The smallest absolute Gasteiger partial charge is 0.317 e. The number of carboxylic acids is 1. The van der Waals surface area contributed by atoms with E-state index in [9.17, 15) is 9.59 Å². The van der Waals surface area contributed by atoms with Gasteiger partial charge in [0.1, 0.15) is 0 Å². The standard InChI is InChI=1S/C13H22N2O3/c1-15(11-4-2-3-5-11)13(18)14-10-7-6-9(8-10)12(16)17/h9-11H,2-8H2,1H3,(H,14,18)(H,16,17). The van der Waals surface area contributed by atoms with Crippen LogP contribution in [0, 0.1) is 5.92 Å². The van der Waals surface area contributed by atoms with Gasteiger partial charge in [0.05, 0.1) is 5.92 Å². The van der Waals surface area contributed by atoms with Gasteiger partial charge in [-0.1, -0.05) is 12.8 Å². The number of hydrogen-bond acceptors (Lipinski definition) is 2. The molecular formula is C13H22N2O3. The second kappa shape index (κ2) is 5.59. The van der Waals surface area contributed by atoms with Gasteiger partial charge in [-0.15, -0.1) is 0 Å². The minimum absolute atomic E-state index is 0.0300. The summed E-state index contributed by atoms with van der Waals surface area (Å²) in [5, 5.41) is 11.9. The van der Waals surface area contributed by atoms with Crippen molar-refractivity contribution in [2.24, 2.45) is 5.92 Å². The van der Waals surface area contributed by atoms with Gasteiger partial charge in [-0.25, -0.2) is 4.79 Å². The molecule has 0 heterocycles. The molecule has 0 aliphatic heterocycles. The van der Waals surface area contributed by atoms with Gasteiger partial charge in [0.2, 0.25) is 0 Å². The van der Waals surface area contributed by atoms with Crippen LogP contribution in [0.5, 0.6) is 0 Å². The summed E-state index contributed by atoms with van der Waals surface area (Å²) < 4.78 is 0. The van der Waals surface area contributed by atoms with Crippen molar-refractivity contribution in [3.8, 4) is 0 Å². The molecular weight excluding hydrogens is 232 g/mol. The van der Waals surface area contributed by atoms with Crippen LogP contribution in [-0.4, -0.2) is 41.1 Å². The van der Waals surface area contributed by atoms with Crippen molar-refractivity contribution in [1.82, 2.24) is 10.2 Å². The minimum Gasteiger partial charge on any atom is -0.481 e.